The second-order valence-corrected chi connectivity index (χ2v) is 6.98. The summed E-state index contributed by atoms with van der Waals surface area (Å²) in [4.78, 5) is 0. The van der Waals surface area contributed by atoms with Gasteiger partial charge in [0.2, 0.25) is 0 Å². The first-order chi connectivity index (χ1) is 5.97. The molecule has 0 radical (unpaired) electrons. The van der Waals surface area contributed by atoms with E-state index in [1.807, 2.05) is 12.1 Å². The third-order valence-electron chi connectivity index (χ3n) is 1.99. The van der Waals surface area contributed by atoms with Crippen LogP contribution in [-0.2, 0) is 6.04 Å². The van der Waals surface area contributed by atoms with Gasteiger partial charge in [-0.3, -0.25) is 0 Å². The van der Waals surface area contributed by atoms with Gasteiger partial charge in [0.25, 0.3) is 0 Å². The van der Waals surface area contributed by atoms with Gasteiger partial charge in [-0.05, 0) is 23.3 Å². The highest BCUT2D eigenvalue weighted by molar-refractivity contribution is 6.39. The Labute approximate surface area is 81.6 Å². The molecule has 0 heterocycles. The van der Waals surface area contributed by atoms with E-state index in [1.165, 1.54) is 5.56 Å². The highest BCUT2D eigenvalue weighted by atomic mass is 28.2. The first-order valence-electron chi connectivity index (χ1n) is 4.54. The van der Waals surface area contributed by atoms with Gasteiger partial charge in [-0.1, -0.05) is 31.5 Å². The number of hydrogen-bond donors (Lipinski definition) is 2. The largest absolute Gasteiger partial charge is 0.508 e. The molecule has 1 aromatic rings. The molecule has 0 bridgehead atoms. The van der Waals surface area contributed by atoms with Crippen LogP contribution in [0.5, 0.6) is 5.75 Å². The maximum absolute atomic E-state index is 9.07. The van der Waals surface area contributed by atoms with Gasteiger partial charge in [0.05, 0.1) is 0 Å². The van der Waals surface area contributed by atoms with Gasteiger partial charge in [0, 0.05) is 9.52 Å². The Balaban J connectivity index is 2.51. The minimum absolute atomic E-state index is 0.0257. The van der Waals surface area contributed by atoms with Crippen LogP contribution in [0.3, 0.4) is 0 Å². The fourth-order valence-corrected chi connectivity index (χ4v) is 2.40. The maximum Gasteiger partial charge on any atom is 0.115 e. The van der Waals surface area contributed by atoms with E-state index in [4.69, 9.17) is 10.8 Å². The van der Waals surface area contributed by atoms with Crippen molar-refractivity contribution in [2.75, 3.05) is 0 Å². The Morgan fingerprint density at radius 1 is 1.31 bits per heavy atom. The van der Waals surface area contributed by atoms with Crippen molar-refractivity contribution in [2.24, 2.45) is 5.73 Å². The Hall–Kier alpha value is -0.803. The Morgan fingerprint density at radius 2 is 1.85 bits per heavy atom. The molecular weight excluding hydrogens is 178 g/mol. The average Bonchev–Trinajstić information content (AvgIpc) is 2.02. The molecule has 1 rings (SSSR count). The lowest BCUT2D eigenvalue weighted by Gasteiger charge is -2.17. The molecule has 3 N–H and O–H groups in total. The first-order valence-corrected chi connectivity index (χ1v) is 6.25. The highest BCUT2D eigenvalue weighted by Gasteiger charge is 2.10. The lowest BCUT2D eigenvalue weighted by molar-refractivity contribution is 0.475. The molecule has 0 fully saturated rings. The van der Waals surface area contributed by atoms with Crippen molar-refractivity contribution in [2.45, 2.75) is 25.1 Å². The number of hydrogen-bond acceptors (Lipinski definition) is 2. The summed E-state index contributed by atoms with van der Waals surface area (Å²) in [5.41, 5.74) is 7.21. The van der Waals surface area contributed by atoms with E-state index in [1.54, 1.807) is 12.1 Å². The van der Waals surface area contributed by atoms with Gasteiger partial charge in [-0.25, -0.2) is 0 Å². The van der Waals surface area contributed by atoms with E-state index in [9.17, 15) is 0 Å². The lowest BCUT2D eigenvalue weighted by Crippen LogP contribution is -2.40. The van der Waals surface area contributed by atoms with Gasteiger partial charge in [0.15, 0.2) is 0 Å². The van der Waals surface area contributed by atoms with E-state index >= 15 is 0 Å². The summed E-state index contributed by atoms with van der Waals surface area (Å²) in [5.74, 6) is 0.331. The van der Waals surface area contributed by atoms with E-state index < -0.39 is 0 Å². The molecule has 0 saturated carbocycles. The first kappa shape index (κ1) is 10.3. The topological polar surface area (TPSA) is 46.2 Å². The van der Waals surface area contributed by atoms with Crippen LogP contribution in [0.15, 0.2) is 24.3 Å². The molecule has 0 spiro atoms. The van der Waals surface area contributed by atoms with Gasteiger partial charge in [-0.15, -0.1) is 0 Å². The third-order valence-corrected chi connectivity index (χ3v) is 4.11. The summed E-state index contributed by atoms with van der Waals surface area (Å²) in [7, 11) is -0.265. The molecule has 0 unspecified atom stereocenters. The van der Waals surface area contributed by atoms with E-state index in [0.717, 1.165) is 6.04 Å². The van der Waals surface area contributed by atoms with Crippen LogP contribution in [0.25, 0.3) is 0 Å². The molecule has 0 aliphatic heterocycles. The van der Waals surface area contributed by atoms with Crippen molar-refractivity contribution in [3.63, 3.8) is 0 Å². The van der Waals surface area contributed by atoms with Crippen molar-refractivity contribution in [1.82, 2.24) is 0 Å². The zero-order valence-electron chi connectivity index (χ0n) is 8.25. The summed E-state index contributed by atoms with van der Waals surface area (Å²) < 4.78 is 0. The number of phenolic OH excluding ortho intramolecular Hbond substituents is 1. The summed E-state index contributed by atoms with van der Waals surface area (Å²) in [6, 6.07) is 8.49. The molecule has 0 aromatic heterocycles. The van der Waals surface area contributed by atoms with Crippen LogP contribution in [0.1, 0.15) is 19.4 Å². The molecule has 13 heavy (non-hydrogen) atoms. The summed E-state index contributed by atoms with van der Waals surface area (Å²) in [6.45, 7) is 4.17. The number of rotatable bonds is 3. The molecule has 0 atom stereocenters. The molecule has 0 aliphatic carbocycles. The fraction of sp³-hybridized carbons (Fsp3) is 0.400. The third kappa shape index (κ3) is 4.10. The minimum Gasteiger partial charge on any atom is -0.508 e. The highest BCUT2D eigenvalue weighted by Crippen LogP contribution is 2.10. The quantitative estimate of drug-likeness (QED) is 0.699. The zero-order chi connectivity index (χ0) is 9.90. The van der Waals surface area contributed by atoms with E-state index in [2.05, 4.69) is 13.8 Å². The van der Waals surface area contributed by atoms with E-state index in [-0.39, 0.29) is 14.7 Å². The smallest absolute Gasteiger partial charge is 0.115 e. The van der Waals surface area contributed by atoms with Crippen molar-refractivity contribution < 1.29 is 5.11 Å². The van der Waals surface area contributed by atoms with Crippen LogP contribution in [-0.4, -0.2) is 19.8 Å². The van der Waals surface area contributed by atoms with Crippen molar-refractivity contribution in [1.29, 1.82) is 0 Å². The standard InChI is InChI=1S/C10H17NOSi/c1-10(2,11)13-7-8-3-5-9(12)6-4-8/h3-6,12H,7,11,13H2,1-2H3. The molecule has 0 saturated heterocycles. The predicted molar refractivity (Wildman–Crippen MR) is 58.6 cm³/mol. The van der Waals surface area contributed by atoms with Gasteiger partial charge in [-0.2, -0.15) is 0 Å². The molecular formula is C10H17NOSi. The van der Waals surface area contributed by atoms with Crippen LogP contribution in [0, 0.1) is 0 Å². The Kier molecular flexibility index (Phi) is 3.11. The predicted octanol–water partition coefficient (Wildman–Crippen LogP) is 0.756. The molecule has 0 aliphatic rings. The van der Waals surface area contributed by atoms with Crippen LogP contribution in [0.2, 0.25) is 0 Å². The van der Waals surface area contributed by atoms with Crippen LogP contribution < -0.4 is 5.73 Å². The summed E-state index contributed by atoms with van der Waals surface area (Å²) >= 11 is 0. The van der Waals surface area contributed by atoms with Crippen LogP contribution in [0.4, 0.5) is 0 Å². The summed E-state index contributed by atoms with van der Waals surface area (Å²) in [6.07, 6.45) is 0. The molecule has 0 amide bonds. The average molecular weight is 195 g/mol. The molecule has 2 nitrogen and oxygen atoms in total. The molecule has 1 aromatic carbocycles. The second kappa shape index (κ2) is 3.94. The molecule has 72 valence electrons. The van der Waals surface area contributed by atoms with E-state index in [0.29, 0.717) is 5.75 Å². The second-order valence-electron chi connectivity index (χ2n) is 4.16. The number of aromatic hydroxyl groups is 1. The van der Waals surface area contributed by atoms with Gasteiger partial charge < -0.3 is 10.8 Å². The summed E-state index contributed by atoms with van der Waals surface area (Å²) in [5, 5.41) is 9.10. The Morgan fingerprint density at radius 3 is 2.31 bits per heavy atom. The van der Waals surface area contributed by atoms with Gasteiger partial charge in [0.1, 0.15) is 5.75 Å². The number of benzene rings is 1. The Bertz CT molecular complexity index is 263. The van der Waals surface area contributed by atoms with Gasteiger partial charge >= 0.3 is 0 Å². The number of nitrogens with two attached hydrogens (primary N) is 1. The SMILES string of the molecule is CC(C)(N)[SiH2]Cc1ccc(O)cc1. The van der Waals surface area contributed by atoms with Crippen molar-refractivity contribution in [3.8, 4) is 5.75 Å². The minimum atomic E-state index is -0.265. The fourth-order valence-electron chi connectivity index (χ4n) is 1.13. The van der Waals surface area contributed by atoms with Crippen molar-refractivity contribution in [3.05, 3.63) is 29.8 Å². The van der Waals surface area contributed by atoms with Crippen molar-refractivity contribution >= 4 is 9.52 Å². The molecule has 3 heteroatoms. The van der Waals surface area contributed by atoms with Crippen LogP contribution >= 0.6 is 0 Å². The maximum atomic E-state index is 9.07. The monoisotopic (exact) mass is 195 g/mol. The zero-order valence-corrected chi connectivity index (χ0v) is 9.66. The number of phenols is 1. The normalized spacial score (nSPS) is 12.5. The lowest BCUT2D eigenvalue weighted by atomic mass is 10.2.